The van der Waals surface area contributed by atoms with Gasteiger partial charge in [-0.2, -0.15) is 0 Å². The number of aryl methyl sites for hydroxylation is 1. The predicted molar refractivity (Wildman–Crippen MR) is 62.8 cm³/mol. The zero-order valence-corrected chi connectivity index (χ0v) is 9.24. The highest BCUT2D eigenvalue weighted by atomic mass is 16.3. The quantitative estimate of drug-likeness (QED) is 0.747. The molecular weight excluding hydrogens is 184 g/mol. The third-order valence-electron chi connectivity index (χ3n) is 3.05. The van der Waals surface area contributed by atoms with Crippen LogP contribution in [0.1, 0.15) is 30.4 Å². The van der Waals surface area contributed by atoms with Crippen molar-refractivity contribution < 1.29 is 5.11 Å². The van der Waals surface area contributed by atoms with Crippen LogP contribution in [0.15, 0.2) is 35.9 Å². The summed E-state index contributed by atoms with van der Waals surface area (Å²) >= 11 is 0. The van der Waals surface area contributed by atoms with Crippen molar-refractivity contribution in [2.75, 3.05) is 0 Å². The van der Waals surface area contributed by atoms with Gasteiger partial charge in [-0.05, 0) is 37.3 Å². The summed E-state index contributed by atoms with van der Waals surface area (Å²) < 4.78 is 0. The molecule has 1 aliphatic rings. The number of aliphatic hydroxyl groups excluding tert-OH is 1. The molecule has 1 aromatic rings. The van der Waals surface area contributed by atoms with Gasteiger partial charge in [-0.1, -0.05) is 35.9 Å². The molecule has 1 atom stereocenters. The van der Waals surface area contributed by atoms with E-state index in [0.717, 1.165) is 19.3 Å². The van der Waals surface area contributed by atoms with Gasteiger partial charge in [0.25, 0.3) is 0 Å². The van der Waals surface area contributed by atoms with E-state index < -0.39 is 0 Å². The second-order valence-corrected chi connectivity index (χ2v) is 4.38. The van der Waals surface area contributed by atoms with Crippen LogP contribution >= 0.6 is 0 Å². The van der Waals surface area contributed by atoms with E-state index in [1.54, 1.807) is 0 Å². The third-order valence-corrected chi connectivity index (χ3v) is 3.05. The molecule has 0 heterocycles. The van der Waals surface area contributed by atoms with E-state index in [1.807, 2.05) is 0 Å². The average molecular weight is 202 g/mol. The highest BCUT2D eigenvalue weighted by Crippen LogP contribution is 2.22. The summed E-state index contributed by atoms with van der Waals surface area (Å²) in [7, 11) is 0. The van der Waals surface area contributed by atoms with Crippen LogP contribution < -0.4 is 0 Å². The van der Waals surface area contributed by atoms with Crippen molar-refractivity contribution in [2.24, 2.45) is 0 Å². The van der Waals surface area contributed by atoms with Crippen molar-refractivity contribution in [1.82, 2.24) is 0 Å². The Morgan fingerprint density at radius 1 is 1.27 bits per heavy atom. The summed E-state index contributed by atoms with van der Waals surface area (Å²) in [6.07, 6.45) is 6.11. The van der Waals surface area contributed by atoms with Gasteiger partial charge in [0.05, 0.1) is 6.10 Å². The van der Waals surface area contributed by atoms with E-state index in [1.165, 1.54) is 23.1 Å². The molecule has 15 heavy (non-hydrogen) atoms. The highest BCUT2D eigenvalue weighted by molar-refractivity contribution is 5.24. The lowest BCUT2D eigenvalue weighted by molar-refractivity contribution is 0.208. The molecule has 0 bridgehead atoms. The van der Waals surface area contributed by atoms with E-state index in [4.69, 9.17) is 0 Å². The Hall–Kier alpha value is -1.08. The van der Waals surface area contributed by atoms with Crippen molar-refractivity contribution in [3.63, 3.8) is 0 Å². The molecule has 1 N–H and O–H groups in total. The van der Waals surface area contributed by atoms with E-state index in [9.17, 15) is 5.11 Å². The standard InChI is InChI=1S/C14H18O/c1-11-6-8-12(9-7-11)10-14(15)13-4-2-3-5-13/h4,6-9,14-15H,2-3,5,10H2,1H3. The Kier molecular flexibility index (Phi) is 3.22. The fourth-order valence-corrected chi connectivity index (χ4v) is 2.08. The molecule has 1 heteroatoms. The minimum Gasteiger partial charge on any atom is -0.388 e. The second kappa shape index (κ2) is 4.63. The predicted octanol–water partition coefficient (Wildman–Crippen LogP) is 3.01. The van der Waals surface area contributed by atoms with E-state index in [0.29, 0.717) is 0 Å². The lowest BCUT2D eigenvalue weighted by Gasteiger charge is -2.12. The Morgan fingerprint density at radius 3 is 2.60 bits per heavy atom. The smallest absolute Gasteiger partial charge is 0.0790 e. The van der Waals surface area contributed by atoms with Crippen LogP contribution in [-0.2, 0) is 6.42 Å². The molecule has 1 nitrogen and oxygen atoms in total. The average Bonchev–Trinajstić information content (AvgIpc) is 2.74. The van der Waals surface area contributed by atoms with E-state index in [-0.39, 0.29) is 6.10 Å². The van der Waals surface area contributed by atoms with Gasteiger partial charge in [0.2, 0.25) is 0 Å². The molecule has 0 radical (unpaired) electrons. The molecule has 2 rings (SSSR count). The maximum atomic E-state index is 10.0. The first-order chi connectivity index (χ1) is 7.25. The summed E-state index contributed by atoms with van der Waals surface area (Å²) in [6.45, 7) is 2.08. The van der Waals surface area contributed by atoms with Gasteiger partial charge in [0, 0.05) is 6.42 Å². The SMILES string of the molecule is Cc1ccc(CC(O)C2=CCCC2)cc1. The Morgan fingerprint density at radius 2 is 2.00 bits per heavy atom. The molecule has 1 aliphatic carbocycles. The first kappa shape index (κ1) is 10.4. The van der Waals surface area contributed by atoms with Crippen LogP contribution in [0.3, 0.4) is 0 Å². The van der Waals surface area contributed by atoms with Gasteiger partial charge in [-0.3, -0.25) is 0 Å². The van der Waals surface area contributed by atoms with Crippen LogP contribution in [-0.4, -0.2) is 11.2 Å². The molecule has 1 aromatic carbocycles. The van der Waals surface area contributed by atoms with Crippen molar-refractivity contribution in [3.8, 4) is 0 Å². The van der Waals surface area contributed by atoms with Gasteiger partial charge in [-0.15, -0.1) is 0 Å². The topological polar surface area (TPSA) is 20.2 Å². The molecule has 0 aliphatic heterocycles. The van der Waals surface area contributed by atoms with Crippen molar-refractivity contribution >= 4 is 0 Å². The summed E-state index contributed by atoms with van der Waals surface area (Å²) in [5.41, 5.74) is 3.73. The minimum absolute atomic E-state index is 0.268. The third kappa shape index (κ3) is 2.69. The minimum atomic E-state index is -0.268. The van der Waals surface area contributed by atoms with Crippen molar-refractivity contribution in [2.45, 2.75) is 38.7 Å². The number of rotatable bonds is 3. The number of hydrogen-bond acceptors (Lipinski definition) is 1. The second-order valence-electron chi connectivity index (χ2n) is 4.38. The normalized spacial score (nSPS) is 17.6. The molecule has 0 saturated carbocycles. The molecule has 0 saturated heterocycles. The van der Waals surface area contributed by atoms with E-state index in [2.05, 4.69) is 37.3 Å². The van der Waals surface area contributed by atoms with Crippen molar-refractivity contribution in [1.29, 1.82) is 0 Å². The highest BCUT2D eigenvalue weighted by Gasteiger charge is 2.14. The molecule has 0 spiro atoms. The lowest BCUT2D eigenvalue weighted by Crippen LogP contribution is -2.12. The first-order valence-electron chi connectivity index (χ1n) is 5.68. The van der Waals surface area contributed by atoms with Gasteiger partial charge < -0.3 is 5.11 Å². The fraction of sp³-hybridized carbons (Fsp3) is 0.429. The van der Waals surface area contributed by atoms with Crippen LogP contribution in [0.25, 0.3) is 0 Å². The maximum absolute atomic E-state index is 10.0. The summed E-state index contributed by atoms with van der Waals surface area (Å²) in [4.78, 5) is 0. The Bertz CT molecular complexity index is 348. The Balaban J connectivity index is 1.99. The van der Waals surface area contributed by atoms with Gasteiger partial charge in [0.15, 0.2) is 0 Å². The Labute approximate surface area is 91.4 Å². The summed E-state index contributed by atoms with van der Waals surface area (Å²) in [5.74, 6) is 0. The molecular formula is C14H18O. The summed E-state index contributed by atoms with van der Waals surface area (Å²) in [6, 6.07) is 8.41. The number of allylic oxidation sites excluding steroid dienone is 1. The van der Waals surface area contributed by atoms with Crippen LogP contribution in [0.2, 0.25) is 0 Å². The van der Waals surface area contributed by atoms with Gasteiger partial charge >= 0.3 is 0 Å². The van der Waals surface area contributed by atoms with Gasteiger partial charge in [0.1, 0.15) is 0 Å². The lowest BCUT2D eigenvalue weighted by atomic mass is 10.0. The fourth-order valence-electron chi connectivity index (χ4n) is 2.08. The summed E-state index contributed by atoms with van der Waals surface area (Å²) in [5, 5.41) is 10.0. The van der Waals surface area contributed by atoms with Crippen LogP contribution in [0.4, 0.5) is 0 Å². The zero-order valence-electron chi connectivity index (χ0n) is 9.24. The van der Waals surface area contributed by atoms with Crippen LogP contribution in [0.5, 0.6) is 0 Å². The first-order valence-corrected chi connectivity index (χ1v) is 5.68. The monoisotopic (exact) mass is 202 g/mol. The molecule has 0 fully saturated rings. The van der Waals surface area contributed by atoms with Crippen LogP contribution in [0, 0.1) is 6.92 Å². The number of benzene rings is 1. The maximum Gasteiger partial charge on any atom is 0.0790 e. The van der Waals surface area contributed by atoms with Crippen molar-refractivity contribution in [3.05, 3.63) is 47.0 Å². The molecule has 0 aromatic heterocycles. The number of aliphatic hydroxyl groups is 1. The zero-order chi connectivity index (χ0) is 10.7. The van der Waals surface area contributed by atoms with E-state index >= 15 is 0 Å². The molecule has 80 valence electrons. The molecule has 0 amide bonds. The molecule has 1 unspecified atom stereocenters. The van der Waals surface area contributed by atoms with Gasteiger partial charge in [-0.25, -0.2) is 0 Å². The largest absolute Gasteiger partial charge is 0.388 e. The number of hydrogen-bond donors (Lipinski definition) is 1.